The first kappa shape index (κ1) is 15.0. The van der Waals surface area contributed by atoms with Crippen LogP contribution in [0, 0.1) is 5.92 Å². The standard InChI is InChI=1S/C15H18N2O4S/c1-22(20,21)13-8-9(6-10-4-2-3-5-11(10)13)7-12-14(18)17-15(19)16-12/h2-5,9,12-13H,6-8H2,1H3,(H2,16,17,18,19)/t9-,12?,13?/m0/s1. The highest BCUT2D eigenvalue weighted by molar-refractivity contribution is 7.90. The lowest BCUT2D eigenvalue weighted by molar-refractivity contribution is -0.120. The molecule has 0 spiro atoms. The van der Waals surface area contributed by atoms with E-state index >= 15 is 0 Å². The predicted molar refractivity (Wildman–Crippen MR) is 80.9 cm³/mol. The Morgan fingerprint density at radius 1 is 1.23 bits per heavy atom. The second-order valence-corrected chi connectivity index (χ2v) is 8.30. The van der Waals surface area contributed by atoms with E-state index in [1.807, 2.05) is 24.3 Å². The SMILES string of the molecule is CS(=O)(=O)C1C[C@H](CC2NC(=O)NC2=O)Cc2ccccc21. The van der Waals surface area contributed by atoms with Crippen LogP contribution in [0.2, 0.25) is 0 Å². The number of hydrogen-bond donors (Lipinski definition) is 2. The largest absolute Gasteiger partial charge is 0.326 e. The Labute approximate surface area is 129 Å². The molecule has 0 aromatic heterocycles. The second-order valence-electron chi connectivity index (χ2n) is 6.07. The van der Waals surface area contributed by atoms with Crippen LogP contribution in [0.1, 0.15) is 29.2 Å². The molecule has 3 atom stereocenters. The van der Waals surface area contributed by atoms with E-state index in [2.05, 4.69) is 10.6 Å². The Morgan fingerprint density at radius 3 is 2.59 bits per heavy atom. The summed E-state index contributed by atoms with van der Waals surface area (Å²) >= 11 is 0. The molecule has 3 rings (SSSR count). The molecule has 7 heteroatoms. The van der Waals surface area contributed by atoms with Crippen LogP contribution in [0.3, 0.4) is 0 Å². The Morgan fingerprint density at radius 2 is 1.95 bits per heavy atom. The first-order valence-electron chi connectivity index (χ1n) is 7.22. The normalized spacial score (nSPS) is 28.0. The Kier molecular flexibility index (Phi) is 3.68. The number of fused-ring (bicyclic) bond motifs is 1. The summed E-state index contributed by atoms with van der Waals surface area (Å²) in [5.41, 5.74) is 1.88. The van der Waals surface area contributed by atoms with Gasteiger partial charge in [-0.3, -0.25) is 10.1 Å². The number of nitrogens with one attached hydrogen (secondary N) is 2. The third-order valence-corrected chi connectivity index (χ3v) is 5.88. The highest BCUT2D eigenvalue weighted by atomic mass is 32.2. The molecule has 2 N–H and O–H groups in total. The molecule has 22 heavy (non-hydrogen) atoms. The maximum atomic E-state index is 12.1. The number of amides is 3. The Hall–Kier alpha value is -1.89. The minimum atomic E-state index is -3.22. The molecular formula is C15H18N2O4S. The predicted octanol–water partition coefficient (Wildman–Crippen LogP) is 0.933. The number of benzene rings is 1. The van der Waals surface area contributed by atoms with Crippen molar-refractivity contribution in [2.24, 2.45) is 5.92 Å². The lowest BCUT2D eigenvalue weighted by atomic mass is 9.80. The number of rotatable bonds is 3. The fourth-order valence-electron chi connectivity index (χ4n) is 3.40. The molecule has 2 unspecified atom stereocenters. The van der Waals surface area contributed by atoms with E-state index in [0.29, 0.717) is 12.8 Å². The van der Waals surface area contributed by atoms with Crippen LogP contribution in [0.15, 0.2) is 24.3 Å². The maximum absolute atomic E-state index is 12.1. The zero-order valence-corrected chi connectivity index (χ0v) is 13.0. The molecule has 118 valence electrons. The minimum Gasteiger partial charge on any atom is -0.326 e. The molecule has 1 aliphatic carbocycles. The average Bonchev–Trinajstić information content (AvgIpc) is 2.75. The summed E-state index contributed by atoms with van der Waals surface area (Å²) in [5.74, 6) is -0.288. The van der Waals surface area contributed by atoms with Crippen molar-refractivity contribution < 1.29 is 18.0 Å². The van der Waals surface area contributed by atoms with Crippen LogP contribution < -0.4 is 10.6 Å². The molecule has 2 aliphatic rings. The van der Waals surface area contributed by atoms with Crippen molar-refractivity contribution in [3.05, 3.63) is 35.4 Å². The fraction of sp³-hybridized carbons (Fsp3) is 0.467. The monoisotopic (exact) mass is 322 g/mol. The van der Waals surface area contributed by atoms with Gasteiger partial charge in [-0.15, -0.1) is 0 Å². The van der Waals surface area contributed by atoms with Crippen LogP contribution in [0.25, 0.3) is 0 Å². The van der Waals surface area contributed by atoms with Gasteiger partial charge < -0.3 is 5.32 Å². The van der Waals surface area contributed by atoms with Crippen LogP contribution >= 0.6 is 0 Å². The molecule has 1 aliphatic heterocycles. The lowest BCUT2D eigenvalue weighted by Gasteiger charge is -2.31. The molecular weight excluding hydrogens is 304 g/mol. The summed E-state index contributed by atoms with van der Waals surface area (Å²) in [6, 6.07) is 6.50. The van der Waals surface area contributed by atoms with Gasteiger partial charge in [-0.2, -0.15) is 0 Å². The van der Waals surface area contributed by atoms with E-state index < -0.39 is 27.2 Å². The number of imide groups is 1. The van der Waals surface area contributed by atoms with Gasteiger partial charge in [0.15, 0.2) is 9.84 Å². The third-order valence-electron chi connectivity index (χ3n) is 4.40. The summed E-state index contributed by atoms with van der Waals surface area (Å²) in [6.45, 7) is 0. The summed E-state index contributed by atoms with van der Waals surface area (Å²) in [5, 5.41) is 4.25. The number of sulfone groups is 1. The summed E-state index contributed by atoms with van der Waals surface area (Å²) < 4.78 is 24.2. The summed E-state index contributed by atoms with van der Waals surface area (Å²) in [6.07, 6.45) is 2.91. The number of carbonyl (C=O) groups is 2. The van der Waals surface area contributed by atoms with E-state index in [0.717, 1.165) is 17.5 Å². The molecule has 1 aromatic carbocycles. The van der Waals surface area contributed by atoms with Crippen molar-refractivity contribution in [2.45, 2.75) is 30.6 Å². The third kappa shape index (κ3) is 2.85. The van der Waals surface area contributed by atoms with E-state index in [9.17, 15) is 18.0 Å². The van der Waals surface area contributed by atoms with Gasteiger partial charge in [-0.1, -0.05) is 24.3 Å². The molecule has 6 nitrogen and oxygen atoms in total. The van der Waals surface area contributed by atoms with Crippen LogP contribution in [0.5, 0.6) is 0 Å². The van der Waals surface area contributed by atoms with E-state index in [1.165, 1.54) is 6.26 Å². The fourth-order valence-corrected chi connectivity index (χ4v) is 4.71. The lowest BCUT2D eigenvalue weighted by Crippen LogP contribution is -2.34. The van der Waals surface area contributed by atoms with Gasteiger partial charge in [-0.25, -0.2) is 13.2 Å². The summed E-state index contributed by atoms with van der Waals surface area (Å²) in [4.78, 5) is 22.9. The molecule has 0 radical (unpaired) electrons. The van der Waals surface area contributed by atoms with Crippen molar-refractivity contribution >= 4 is 21.8 Å². The topological polar surface area (TPSA) is 92.3 Å². The van der Waals surface area contributed by atoms with E-state index in [4.69, 9.17) is 0 Å². The van der Waals surface area contributed by atoms with Crippen molar-refractivity contribution in [1.82, 2.24) is 10.6 Å². The number of urea groups is 1. The van der Waals surface area contributed by atoms with Crippen molar-refractivity contribution in [3.63, 3.8) is 0 Å². The zero-order chi connectivity index (χ0) is 15.9. The van der Waals surface area contributed by atoms with Gasteiger partial charge in [0.25, 0.3) is 5.91 Å². The van der Waals surface area contributed by atoms with Crippen molar-refractivity contribution in [3.8, 4) is 0 Å². The van der Waals surface area contributed by atoms with Gasteiger partial charge in [-0.05, 0) is 36.3 Å². The molecule has 0 saturated carbocycles. The van der Waals surface area contributed by atoms with Crippen molar-refractivity contribution in [2.75, 3.05) is 6.26 Å². The Balaban J connectivity index is 1.84. The minimum absolute atomic E-state index is 0.0452. The Bertz CT molecular complexity index is 729. The smallest absolute Gasteiger partial charge is 0.322 e. The van der Waals surface area contributed by atoms with Crippen molar-refractivity contribution in [1.29, 1.82) is 0 Å². The highest BCUT2D eigenvalue weighted by Gasteiger charge is 2.37. The molecule has 3 amide bonds. The van der Waals surface area contributed by atoms with Crippen LogP contribution in [-0.2, 0) is 21.1 Å². The van der Waals surface area contributed by atoms with Gasteiger partial charge in [0, 0.05) is 6.26 Å². The highest BCUT2D eigenvalue weighted by Crippen LogP contribution is 2.39. The maximum Gasteiger partial charge on any atom is 0.322 e. The zero-order valence-electron chi connectivity index (χ0n) is 12.2. The van der Waals surface area contributed by atoms with E-state index in [1.54, 1.807) is 0 Å². The van der Waals surface area contributed by atoms with Gasteiger partial charge in [0.05, 0.1) is 5.25 Å². The van der Waals surface area contributed by atoms with Gasteiger partial charge >= 0.3 is 6.03 Å². The van der Waals surface area contributed by atoms with Crippen LogP contribution in [0.4, 0.5) is 4.79 Å². The molecule has 1 heterocycles. The van der Waals surface area contributed by atoms with Gasteiger partial charge in [0.2, 0.25) is 0 Å². The average molecular weight is 322 g/mol. The molecule has 1 aromatic rings. The number of hydrogen-bond acceptors (Lipinski definition) is 4. The quantitative estimate of drug-likeness (QED) is 0.810. The molecule has 1 saturated heterocycles. The first-order chi connectivity index (χ1) is 10.3. The second kappa shape index (κ2) is 5.39. The first-order valence-corrected chi connectivity index (χ1v) is 9.18. The number of carbonyl (C=O) groups excluding carboxylic acids is 2. The molecule has 1 fully saturated rings. The molecule has 0 bridgehead atoms. The summed E-state index contributed by atoms with van der Waals surface area (Å²) in [7, 11) is -3.22. The van der Waals surface area contributed by atoms with Crippen LogP contribution in [-0.4, -0.2) is 32.7 Å². The van der Waals surface area contributed by atoms with E-state index in [-0.39, 0.29) is 11.8 Å². The van der Waals surface area contributed by atoms with Gasteiger partial charge in [0.1, 0.15) is 6.04 Å².